The Balaban J connectivity index is 1.26. The number of rotatable bonds is 6. The molecule has 0 bridgehead atoms. The number of benzene rings is 1. The summed E-state index contributed by atoms with van der Waals surface area (Å²) in [7, 11) is 1.52. The van der Waals surface area contributed by atoms with Gasteiger partial charge in [0.25, 0.3) is 0 Å². The largest absolute Gasteiger partial charge is 0.497 e. The summed E-state index contributed by atoms with van der Waals surface area (Å²) >= 11 is 0. The highest BCUT2D eigenvalue weighted by Crippen LogP contribution is 2.35. The van der Waals surface area contributed by atoms with Crippen LogP contribution in [0.4, 0.5) is 4.39 Å². The van der Waals surface area contributed by atoms with Gasteiger partial charge in [0.2, 0.25) is 0 Å². The van der Waals surface area contributed by atoms with Crippen LogP contribution >= 0.6 is 0 Å². The molecule has 9 heteroatoms. The zero-order chi connectivity index (χ0) is 27.1. The minimum absolute atomic E-state index is 0.252. The Kier molecular flexibility index (Phi) is 6.11. The first kappa shape index (κ1) is 24.3. The molecule has 0 saturated heterocycles. The highest BCUT2D eigenvalue weighted by Gasteiger charge is 2.18. The Labute approximate surface area is 229 Å². The van der Waals surface area contributed by atoms with Gasteiger partial charge in [-0.2, -0.15) is 5.10 Å². The topological polar surface area (TPSA) is 102 Å². The van der Waals surface area contributed by atoms with Crippen molar-refractivity contribution in [2.45, 2.75) is 38.2 Å². The number of aromatic amines is 2. The Morgan fingerprint density at radius 2 is 1.68 bits per heavy atom. The van der Waals surface area contributed by atoms with E-state index in [0.29, 0.717) is 22.7 Å². The third-order valence-corrected chi connectivity index (χ3v) is 7.50. The molecule has 8 nitrogen and oxygen atoms in total. The molecule has 40 heavy (non-hydrogen) atoms. The molecule has 0 atom stereocenters. The second-order valence-electron chi connectivity index (χ2n) is 10.2. The van der Waals surface area contributed by atoms with Crippen molar-refractivity contribution in [3.8, 4) is 45.3 Å². The van der Waals surface area contributed by atoms with Crippen LogP contribution in [0.5, 0.6) is 11.5 Å². The number of hydrogen-bond acceptors (Lipinski definition) is 6. The number of ether oxygens (including phenoxy) is 2. The molecule has 5 aromatic heterocycles. The molecule has 1 aromatic carbocycles. The molecule has 2 N–H and O–H groups in total. The van der Waals surface area contributed by atoms with E-state index in [1.807, 2.05) is 30.6 Å². The number of pyridine rings is 3. The maximum absolute atomic E-state index is 14.3. The molecule has 0 radical (unpaired) electrons. The van der Waals surface area contributed by atoms with E-state index < -0.39 is 0 Å². The Morgan fingerprint density at radius 1 is 0.825 bits per heavy atom. The van der Waals surface area contributed by atoms with Gasteiger partial charge in [-0.1, -0.05) is 6.42 Å². The molecule has 1 aliphatic rings. The van der Waals surface area contributed by atoms with Gasteiger partial charge in [-0.25, -0.2) is 9.37 Å². The summed E-state index contributed by atoms with van der Waals surface area (Å²) in [4.78, 5) is 17.1. The van der Waals surface area contributed by atoms with Crippen LogP contribution in [0.1, 0.15) is 32.1 Å². The number of methoxy groups -OCH3 is 1. The van der Waals surface area contributed by atoms with Crippen molar-refractivity contribution in [2.75, 3.05) is 7.11 Å². The molecule has 200 valence electrons. The summed E-state index contributed by atoms with van der Waals surface area (Å²) in [6, 6.07) is 12.5. The molecule has 1 aliphatic carbocycles. The third-order valence-electron chi connectivity index (χ3n) is 7.50. The van der Waals surface area contributed by atoms with Crippen molar-refractivity contribution in [3.05, 3.63) is 73.1 Å². The fraction of sp³-hybridized carbons (Fsp3) is 0.226. The summed E-state index contributed by atoms with van der Waals surface area (Å²) < 4.78 is 25.8. The van der Waals surface area contributed by atoms with Gasteiger partial charge in [-0.05, 0) is 62.1 Å². The zero-order valence-electron chi connectivity index (χ0n) is 21.9. The van der Waals surface area contributed by atoms with Gasteiger partial charge in [0.1, 0.15) is 23.0 Å². The first-order valence-electron chi connectivity index (χ1n) is 13.4. The number of nitrogens with zero attached hydrogens (tertiary/aromatic N) is 4. The van der Waals surface area contributed by atoms with Crippen LogP contribution in [0, 0.1) is 5.82 Å². The van der Waals surface area contributed by atoms with E-state index in [2.05, 4.69) is 36.2 Å². The van der Waals surface area contributed by atoms with Crippen LogP contribution in [0.3, 0.4) is 0 Å². The molecular formula is C31H27FN6O2. The minimum atomic E-state index is -0.386. The van der Waals surface area contributed by atoms with Crippen molar-refractivity contribution in [2.24, 2.45) is 0 Å². The first-order valence-corrected chi connectivity index (χ1v) is 13.4. The van der Waals surface area contributed by atoms with Crippen LogP contribution < -0.4 is 9.47 Å². The number of H-pyrrole nitrogens is 2. The molecule has 1 saturated carbocycles. The fourth-order valence-electron chi connectivity index (χ4n) is 5.51. The first-order chi connectivity index (χ1) is 19.6. The van der Waals surface area contributed by atoms with E-state index in [1.165, 1.54) is 38.5 Å². The highest BCUT2D eigenvalue weighted by molar-refractivity contribution is 6.00. The van der Waals surface area contributed by atoms with E-state index in [4.69, 9.17) is 9.47 Å². The van der Waals surface area contributed by atoms with Gasteiger partial charge in [0.05, 0.1) is 30.8 Å². The van der Waals surface area contributed by atoms with Crippen molar-refractivity contribution < 1.29 is 13.9 Å². The summed E-state index contributed by atoms with van der Waals surface area (Å²) in [5.74, 6) is 0.828. The van der Waals surface area contributed by atoms with E-state index in [0.717, 1.165) is 57.4 Å². The van der Waals surface area contributed by atoms with Gasteiger partial charge < -0.3 is 14.5 Å². The van der Waals surface area contributed by atoms with Gasteiger partial charge in [-0.3, -0.25) is 15.1 Å². The molecule has 0 spiro atoms. The van der Waals surface area contributed by atoms with Crippen molar-refractivity contribution in [1.29, 1.82) is 0 Å². The van der Waals surface area contributed by atoms with Gasteiger partial charge >= 0.3 is 0 Å². The summed E-state index contributed by atoms with van der Waals surface area (Å²) in [5.41, 5.74) is 6.19. The summed E-state index contributed by atoms with van der Waals surface area (Å²) in [6.07, 6.45) is 13.2. The van der Waals surface area contributed by atoms with Crippen molar-refractivity contribution in [3.63, 3.8) is 0 Å². The zero-order valence-corrected chi connectivity index (χ0v) is 21.9. The van der Waals surface area contributed by atoms with Crippen LogP contribution in [0.15, 0.2) is 67.3 Å². The molecule has 7 rings (SSSR count). The number of hydrogen-bond donors (Lipinski definition) is 2. The second kappa shape index (κ2) is 10.1. The monoisotopic (exact) mass is 534 g/mol. The SMILES string of the molecule is COc1cc(F)cc(-c2nccc3[nH]c(-c4n[nH]c5ncc(-c6cncc(OC7CCCCC7)c6)cc45)cc23)c1. The molecule has 0 aliphatic heterocycles. The Morgan fingerprint density at radius 3 is 2.55 bits per heavy atom. The highest BCUT2D eigenvalue weighted by atomic mass is 19.1. The number of aromatic nitrogens is 6. The molecule has 0 unspecified atom stereocenters. The van der Waals surface area contributed by atoms with Crippen LogP contribution in [0.2, 0.25) is 0 Å². The van der Waals surface area contributed by atoms with E-state index in [9.17, 15) is 4.39 Å². The third kappa shape index (κ3) is 4.53. The number of nitrogens with one attached hydrogen (secondary N) is 2. The average Bonchev–Trinajstić information content (AvgIpc) is 3.61. The lowest BCUT2D eigenvalue weighted by Gasteiger charge is -2.23. The average molecular weight is 535 g/mol. The molecule has 0 amide bonds. The lowest BCUT2D eigenvalue weighted by molar-refractivity contribution is 0.154. The Bertz CT molecular complexity index is 1840. The quantitative estimate of drug-likeness (QED) is 0.237. The molecule has 1 fully saturated rings. The maximum atomic E-state index is 14.3. The number of fused-ring (bicyclic) bond motifs is 2. The second-order valence-corrected chi connectivity index (χ2v) is 10.2. The van der Waals surface area contributed by atoms with Crippen molar-refractivity contribution >= 4 is 21.9 Å². The number of halogens is 1. The molecule has 5 heterocycles. The lowest BCUT2D eigenvalue weighted by atomic mass is 9.98. The predicted octanol–water partition coefficient (Wildman–Crippen LogP) is 7.09. The van der Waals surface area contributed by atoms with Crippen molar-refractivity contribution in [1.82, 2.24) is 30.1 Å². The van der Waals surface area contributed by atoms with Crippen LogP contribution in [0.25, 0.3) is 55.7 Å². The van der Waals surface area contributed by atoms with E-state index >= 15 is 0 Å². The van der Waals surface area contributed by atoms with Crippen LogP contribution in [-0.2, 0) is 0 Å². The summed E-state index contributed by atoms with van der Waals surface area (Å²) in [6.45, 7) is 0. The minimum Gasteiger partial charge on any atom is -0.497 e. The Hall–Kier alpha value is -4.79. The van der Waals surface area contributed by atoms with Gasteiger partial charge in [-0.15, -0.1) is 0 Å². The van der Waals surface area contributed by atoms with Gasteiger partial charge in [0.15, 0.2) is 5.65 Å². The smallest absolute Gasteiger partial charge is 0.155 e. The van der Waals surface area contributed by atoms with Crippen LogP contribution in [-0.4, -0.2) is 43.3 Å². The normalized spacial score (nSPS) is 14.2. The van der Waals surface area contributed by atoms with E-state index in [1.54, 1.807) is 18.5 Å². The fourth-order valence-corrected chi connectivity index (χ4v) is 5.51. The lowest BCUT2D eigenvalue weighted by Crippen LogP contribution is -2.19. The van der Waals surface area contributed by atoms with Gasteiger partial charge in [0, 0.05) is 57.6 Å². The standard InChI is InChI=1S/C31H27FN6O2/c1-39-23-10-18(9-21(32)13-23)29-25-14-28(36-27(25)7-8-34-29)30-26-12-20(16-35-31(26)38-37-30)19-11-24(17-33-15-19)40-22-5-3-2-4-6-22/h7-17,22,36H,2-6H2,1H3,(H,35,37,38). The predicted molar refractivity (Wildman–Crippen MR) is 152 cm³/mol. The van der Waals surface area contributed by atoms with E-state index in [-0.39, 0.29) is 11.9 Å². The molecular weight excluding hydrogens is 507 g/mol. The summed E-state index contributed by atoms with van der Waals surface area (Å²) in [5, 5.41) is 9.33. The maximum Gasteiger partial charge on any atom is 0.155 e. The molecule has 6 aromatic rings.